The van der Waals surface area contributed by atoms with Crippen molar-refractivity contribution in [3.8, 4) is 0 Å². The SMILES string of the molecule is O=C(c1cn(Cc2ccccc2C(F)(F)F)nn1)N(Cc1ccccc1)CC1CCC1. The van der Waals surface area contributed by atoms with Gasteiger partial charge in [0, 0.05) is 13.1 Å². The van der Waals surface area contributed by atoms with Crippen molar-refractivity contribution in [1.29, 1.82) is 0 Å². The second-order valence-electron chi connectivity index (χ2n) is 7.92. The lowest BCUT2D eigenvalue weighted by molar-refractivity contribution is -0.138. The second-order valence-corrected chi connectivity index (χ2v) is 7.92. The summed E-state index contributed by atoms with van der Waals surface area (Å²) in [6.45, 7) is 0.981. The Morgan fingerprint density at radius 1 is 1.06 bits per heavy atom. The summed E-state index contributed by atoms with van der Waals surface area (Å²) in [4.78, 5) is 14.9. The van der Waals surface area contributed by atoms with Gasteiger partial charge < -0.3 is 4.90 Å². The average Bonchev–Trinajstić information content (AvgIpc) is 3.18. The standard InChI is InChI=1S/C23H23F3N4O/c24-23(25,26)20-12-5-4-11-19(20)15-30-16-21(27-28-30)22(31)29(14-18-9-6-10-18)13-17-7-2-1-3-8-17/h1-5,7-8,11-12,16,18H,6,9-10,13-15H2. The second kappa shape index (κ2) is 8.91. The van der Waals surface area contributed by atoms with Crippen molar-refractivity contribution >= 4 is 5.91 Å². The topological polar surface area (TPSA) is 51.0 Å². The molecular weight excluding hydrogens is 405 g/mol. The number of carbonyl (C=O) groups is 1. The fourth-order valence-corrected chi connectivity index (χ4v) is 3.76. The van der Waals surface area contributed by atoms with Gasteiger partial charge in [-0.3, -0.25) is 4.79 Å². The van der Waals surface area contributed by atoms with Crippen LogP contribution in [0.1, 0.15) is 46.4 Å². The van der Waals surface area contributed by atoms with Crippen LogP contribution in [-0.4, -0.2) is 32.3 Å². The van der Waals surface area contributed by atoms with Crippen molar-refractivity contribution in [3.05, 3.63) is 83.2 Å². The molecule has 5 nitrogen and oxygen atoms in total. The normalized spacial score (nSPS) is 14.3. The van der Waals surface area contributed by atoms with Crippen LogP contribution in [0.4, 0.5) is 13.2 Å². The number of hydrogen-bond acceptors (Lipinski definition) is 3. The van der Waals surface area contributed by atoms with E-state index in [1.165, 1.54) is 29.4 Å². The molecule has 31 heavy (non-hydrogen) atoms. The number of hydrogen-bond donors (Lipinski definition) is 0. The van der Waals surface area contributed by atoms with Crippen LogP contribution in [0.5, 0.6) is 0 Å². The third-order valence-corrected chi connectivity index (χ3v) is 5.62. The summed E-state index contributed by atoms with van der Waals surface area (Å²) in [5.41, 5.74) is 0.519. The van der Waals surface area contributed by atoms with E-state index in [0.29, 0.717) is 19.0 Å². The summed E-state index contributed by atoms with van der Waals surface area (Å²) in [7, 11) is 0. The highest BCUT2D eigenvalue weighted by Gasteiger charge is 2.33. The van der Waals surface area contributed by atoms with Crippen molar-refractivity contribution < 1.29 is 18.0 Å². The first-order chi connectivity index (χ1) is 14.9. The summed E-state index contributed by atoms with van der Waals surface area (Å²) in [5.74, 6) is 0.215. The molecule has 0 atom stereocenters. The molecule has 1 amide bonds. The number of benzene rings is 2. The molecule has 4 rings (SSSR count). The smallest absolute Gasteiger partial charge is 0.333 e. The zero-order chi connectivity index (χ0) is 21.8. The van der Waals surface area contributed by atoms with Gasteiger partial charge >= 0.3 is 6.18 Å². The molecule has 1 aliphatic carbocycles. The Morgan fingerprint density at radius 3 is 2.45 bits per heavy atom. The number of aromatic nitrogens is 3. The number of halogens is 3. The van der Waals surface area contributed by atoms with E-state index in [1.54, 1.807) is 11.0 Å². The summed E-state index contributed by atoms with van der Waals surface area (Å²) in [5, 5.41) is 7.87. The molecule has 162 valence electrons. The minimum Gasteiger partial charge on any atom is -0.333 e. The summed E-state index contributed by atoms with van der Waals surface area (Å²) in [6.07, 6.45) is 0.338. The van der Waals surface area contributed by atoms with Crippen molar-refractivity contribution in [1.82, 2.24) is 19.9 Å². The molecule has 0 unspecified atom stereocenters. The molecule has 0 bridgehead atoms. The Hall–Kier alpha value is -3.16. The molecule has 0 N–H and O–H groups in total. The maximum Gasteiger partial charge on any atom is 0.416 e. The predicted molar refractivity (Wildman–Crippen MR) is 109 cm³/mol. The first-order valence-corrected chi connectivity index (χ1v) is 10.3. The van der Waals surface area contributed by atoms with Crippen LogP contribution in [0.25, 0.3) is 0 Å². The molecule has 8 heteroatoms. The number of alkyl halides is 3. The van der Waals surface area contributed by atoms with Gasteiger partial charge in [0.05, 0.1) is 18.3 Å². The number of amides is 1. The van der Waals surface area contributed by atoms with Gasteiger partial charge in [-0.15, -0.1) is 5.10 Å². The van der Waals surface area contributed by atoms with Gasteiger partial charge in [0.25, 0.3) is 5.91 Å². The predicted octanol–water partition coefficient (Wildman–Crippen LogP) is 4.79. The van der Waals surface area contributed by atoms with Gasteiger partial charge in [0.2, 0.25) is 0 Å². The van der Waals surface area contributed by atoms with E-state index in [1.807, 2.05) is 30.3 Å². The van der Waals surface area contributed by atoms with Gasteiger partial charge in [-0.25, -0.2) is 4.68 Å². The lowest BCUT2D eigenvalue weighted by Gasteiger charge is -2.32. The minimum absolute atomic E-state index is 0.0782. The monoisotopic (exact) mass is 428 g/mol. The van der Waals surface area contributed by atoms with E-state index >= 15 is 0 Å². The van der Waals surface area contributed by atoms with Crippen LogP contribution in [0, 0.1) is 5.92 Å². The highest BCUT2D eigenvalue weighted by Crippen LogP contribution is 2.32. The first kappa shape index (κ1) is 21.1. The molecule has 1 aliphatic rings. The quantitative estimate of drug-likeness (QED) is 0.544. The molecular formula is C23H23F3N4O. The third-order valence-electron chi connectivity index (χ3n) is 5.62. The molecule has 1 aromatic heterocycles. The van der Waals surface area contributed by atoms with E-state index in [-0.39, 0.29) is 23.7 Å². The molecule has 0 aliphatic heterocycles. The number of carbonyl (C=O) groups excluding carboxylic acids is 1. The molecule has 1 saturated carbocycles. The van der Waals surface area contributed by atoms with Crippen LogP contribution < -0.4 is 0 Å². The van der Waals surface area contributed by atoms with E-state index in [9.17, 15) is 18.0 Å². The van der Waals surface area contributed by atoms with Crippen molar-refractivity contribution in [2.45, 2.75) is 38.5 Å². The van der Waals surface area contributed by atoms with E-state index in [4.69, 9.17) is 0 Å². The molecule has 3 aromatic rings. The Balaban J connectivity index is 1.52. The molecule has 0 saturated heterocycles. The maximum absolute atomic E-state index is 13.3. The van der Waals surface area contributed by atoms with Gasteiger partial charge in [-0.1, -0.05) is 60.2 Å². The van der Waals surface area contributed by atoms with E-state index < -0.39 is 11.7 Å². The lowest BCUT2D eigenvalue weighted by Crippen LogP contribution is -2.37. The summed E-state index contributed by atoms with van der Waals surface area (Å²) < 4.78 is 41.0. The fourth-order valence-electron chi connectivity index (χ4n) is 3.76. The summed E-state index contributed by atoms with van der Waals surface area (Å²) >= 11 is 0. The first-order valence-electron chi connectivity index (χ1n) is 10.3. The maximum atomic E-state index is 13.3. The average molecular weight is 428 g/mol. The van der Waals surface area contributed by atoms with Crippen LogP contribution in [0.3, 0.4) is 0 Å². The lowest BCUT2D eigenvalue weighted by atomic mass is 9.85. The molecule has 2 aromatic carbocycles. The van der Waals surface area contributed by atoms with Gasteiger partial charge in [-0.05, 0) is 36.0 Å². The molecule has 0 spiro atoms. The van der Waals surface area contributed by atoms with Crippen molar-refractivity contribution in [3.63, 3.8) is 0 Å². The highest BCUT2D eigenvalue weighted by atomic mass is 19.4. The van der Waals surface area contributed by atoms with Gasteiger partial charge in [0.15, 0.2) is 5.69 Å². The Kier molecular flexibility index (Phi) is 6.06. The van der Waals surface area contributed by atoms with Crippen LogP contribution in [0.15, 0.2) is 60.8 Å². The third kappa shape index (κ3) is 5.13. The number of nitrogens with zero attached hydrogens (tertiary/aromatic N) is 4. The minimum atomic E-state index is -4.45. The largest absolute Gasteiger partial charge is 0.416 e. The van der Waals surface area contributed by atoms with E-state index in [2.05, 4.69) is 10.3 Å². The zero-order valence-corrected chi connectivity index (χ0v) is 16.9. The molecule has 1 fully saturated rings. The Bertz CT molecular complexity index is 1030. The van der Waals surface area contributed by atoms with Crippen molar-refractivity contribution in [2.75, 3.05) is 6.54 Å². The van der Waals surface area contributed by atoms with Crippen LogP contribution in [-0.2, 0) is 19.3 Å². The Labute approximate surface area is 178 Å². The Morgan fingerprint density at radius 2 is 1.77 bits per heavy atom. The highest BCUT2D eigenvalue weighted by molar-refractivity contribution is 5.91. The fraction of sp³-hybridized carbons (Fsp3) is 0.348. The zero-order valence-electron chi connectivity index (χ0n) is 16.9. The van der Waals surface area contributed by atoms with Gasteiger partial charge in [0.1, 0.15) is 0 Å². The van der Waals surface area contributed by atoms with Crippen molar-refractivity contribution in [2.24, 2.45) is 5.92 Å². The summed E-state index contributed by atoms with van der Waals surface area (Å²) in [6, 6.07) is 15.1. The van der Waals surface area contributed by atoms with Crippen LogP contribution in [0.2, 0.25) is 0 Å². The van der Waals surface area contributed by atoms with Crippen LogP contribution >= 0.6 is 0 Å². The number of rotatable bonds is 7. The van der Waals surface area contributed by atoms with E-state index in [0.717, 1.165) is 24.5 Å². The molecule has 1 heterocycles. The van der Waals surface area contributed by atoms with Gasteiger partial charge in [-0.2, -0.15) is 13.2 Å². The molecule has 0 radical (unpaired) electrons.